The number of hydrogen-bond donors (Lipinski definition) is 1. The molecule has 2 aromatic heterocycles. The van der Waals surface area contributed by atoms with Crippen LogP contribution in [0.25, 0.3) is 0 Å². The third-order valence-corrected chi connectivity index (χ3v) is 2.85. The highest BCUT2D eigenvalue weighted by molar-refractivity contribution is 6.31. The van der Waals surface area contributed by atoms with Gasteiger partial charge in [-0.2, -0.15) is 0 Å². The first-order valence-corrected chi connectivity index (χ1v) is 5.92. The predicted octanol–water partition coefficient (Wildman–Crippen LogP) is 2.46. The molecule has 0 amide bonds. The first-order valence-electron chi connectivity index (χ1n) is 5.54. The van der Waals surface area contributed by atoms with Gasteiger partial charge in [0.1, 0.15) is 0 Å². The van der Waals surface area contributed by atoms with Crippen LogP contribution in [-0.2, 0) is 13.0 Å². The van der Waals surface area contributed by atoms with Crippen LogP contribution < -0.4 is 5.32 Å². The van der Waals surface area contributed by atoms with Crippen molar-refractivity contribution in [2.45, 2.75) is 13.0 Å². The van der Waals surface area contributed by atoms with Crippen molar-refractivity contribution in [1.82, 2.24) is 15.3 Å². The summed E-state index contributed by atoms with van der Waals surface area (Å²) in [6.45, 7) is 1.69. The van der Waals surface area contributed by atoms with Crippen LogP contribution in [0.4, 0.5) is 0 Å². The van der Waals surface area contributed by atoms with Crippen molar-refractivity contribution < 1.29 is 0 Å². The molecule has 0 radical (unpaired) electrons. The molecule has 0 spiro atoms. The molecule has 0 aliphatic heterocycles. The molecule has 0 unspecified atom stereocenters. The highest BCUT2D eigenvalue weighted by Crippen LogP contribution is 2.12. The van der Waals surface area contributed by atoms with Crippen LogP contribution in [0, 0.1) is 0 Å². The number of nitrogens with zero attached hydrogens (tertiary/aromatic N) is 2. The van der Waals surface area contributed by atoms with Gasteiger partial charge in [-0.05, 0) is 42.3 Å². The molecule has 0 saturated heterocycles. The number of halogens is 1. The lowest BCUT2D eigenvalue weighted by atomic mass is 10.2. The van der Waals surface area contributed by atoms with E-state index >= 15 is 0 Å². The summed E-state index contributed by atoms with van der Waals surface area (Å²) >= 11 is 6.01. The smallest absolute Gasteiger partial charge is 0.0634 e. The maximum absolute atomic E-state index is 6.01. The predicted molar refractivity (Wildman–Crippen MR) is 68.9 cm³/mol. The molecular formula is C13H14ClN3. The summed E-state index contributed by atoms with van der Waals surface area (Å²) in [5, 5.41) is 4.07. The van der Waals surface area contributed by atoms with Gasteiger partial charge in [0.25, 0.3) is 0 Å². The number of pyridine rings is 2. The minimum Gasteiger partial charge on any atom is -0.312 e. The highest BCUT2D eigenvalue weighted by atomic mass is 35.5. The zero-order valence-corrected chi connectivity index (χ0v) is 10.2. The van der Waals surface area contributed by atoms with E-state index in [0.29, 0.717) is 5.02 Å². The monoisotopic (exact) mass is 247 g/mol. The largest absolute Gasteiger partial charge is 0.312 e. The van der Waals surface area contributed by atoms with E-state index in [1.165, 1.54) is 5.56 Å². The third kappa shape index (κ3) is 3.80. The third-order valence-electron chi connectivity index (χ3n) is 2.51. The second-order valence-electron chi connectivity index (χ2n) is 3.75. The van der Waals surface area contributed by atoms with Crippen molar-refractivity contribution in [2.24, 2.45) is 0 Å². The molecule has 0 atom stereocenters. The summed E-state index contributed by atoms with van der Waals surface area (Å²) < 4.78 is 0. The molecule has 0 fully saturated rings. The molecular weight excluding hydrogens is 234 g/mol. The summed E-state index contributed by atoms with van der Waals surface area (Å²) in [5.74, 6) is 0. The number of nitrogens with one attached hydrogen (secondary N) is 1. The molecule has 0 aromatic carbocycles. The molecule has 17 heavy (non-hydrogen) atoms. The Morgan fingerprint density at radius 1 is 1.06 bits per heavy atom. The molecule has 3 nitrogen and oxygen atoms in total. The summed E-state index contributed by atoms with van der Waals surface area (Å²) in [7, 11) is 0. The molecule has 2 heterocycles. The highest BCUT2D eigenvalue weighted by Gasteiger charge is 1.98. The van der Waals surface area contributed by atoms with E-state index in [4.69, 9.17) is 11.6 Å². The Bertz CT molecular complexity index is 459. The zero-order valence-electron chi connectivity index (χ0n) is 9.44. The topological polar surface area (TPSA) is 37.8 Å². The Balaban J connectivity index is 1.76. The van der Waals surface area contributed by atoms with Crippen LogP contribution in [0.2, 0.25) is 5.02 Å². The average molecular weight is 248 g/mol. The standard InChI is InChI=1S/C13H14ClN3/c14-13-10-17-8-4-12(13)9-16-7-3-11-1-5-15-6-2-11/h1-2,4-6,8,10,16H,3,7,9H2. The normalized spacial score (nSPS) is 10.4. The van der Waals surface area contributed by atoms with Crippen LogP contribution in [0.15, 0.2) is 43.0 Å². The van der Waals surface area contributed by atoms with Gasteiger partial charge in [0, 0.05) is 31.3 Å². The lowest BCUT2D eigenvalue weighted by molar-refractivity contribution is 0.686. The molecule has 2 aromatic rings. The summed E-state index contributed by atoms with van der Waals surface area (Å²) in [6, 6.07) is 5.99. The summed E-state index contributed by atoms with van der Waals surface area (Å²) in [6.07, 6.45) is 8.04. The van der Waals surface area contributed by atoms with Crippen LogP contribution in [-0.4, -0.2) is 16.5 Å². The quantitative estimate of drug-likeness (QED) is 0.825. The van der Waals surface area contributed by atoms with Crippen molar-refractivity contribution in [3.05, 3.63) is 59.1 Å². The van der Waals surface area contributed by atoms with Crippen LogP contribution in [0.1, 0.15) is 11.1 Å². The van der Waals surface area contributed by atoms with E-state index in [9.17, 15) is 0 Å². The van der Waals surface area contributed by atoms with E-state index in [1.807, 2.05) is 30.6 Å². The van der Waals surface area contributed by atoms with Crippen molar-refractivity contribution in [2.75, 3.05) is 6.54 Å². The van der Waals surface area contributed by atoms with Crippen molar-refractivity contribution in [1.29, 1.82) is 0 Å². The van der Waals surface area contributed by atoms with Crippen molar-refractivity contribution >= 4 is 11.6 Å². The van der Waals surface area contributed by atoms with Gasteiger partial charge in [-0.3, -0.25) is 9.97 Å². The molecule has 88 valence electrons. The van der Waals surface area contributed by atoms with Crippen molar-refractivity contribution in [3.63, 3.8) is 0 Å². The number of hydrogen-bond acceptors (Lipinski definition) is 3. The minimum absolute atomic E-state index is 0.712. The van der Waals surface area contributed by atoms with E-state index < -0.39 is 0 Å². The average Bonchev–Trinajstić information content (AvgIpc) is 2.38. The van der Waals surface area contributed by atoms with Gasteiger partial charge < -0.3 is 5.32 Å². The van der Waals surface area contributed by atoms with Gasteiger partial charge in [-0.1, -0.05) is 11.6 Å². The fourth-order valence-corrected chi connectivity index (χ4v) is 1.74. The fourth-order valence-electron chi connectivity index (χ4n) is 1.55. The van der Waals surface area contributed by atoms with Gasteiger partial charge in [0.05, 0.1) is 5.02 Å². The number of aromatic nitrogens is 2. The minimum atomic E-state index is 0.712. The summed E-state index contributed by atoms with van der Waals surface area (Å²) in [4.78, 5) is 7.94. The SMILES string of the molecule is Clc1cnccc1CNCCc1ccncc1. The van der Waals surface area contributed by atoms with Gasteiger partial charge in [-0.15, -0.1) is 0 Å². The first kappa shape index (κ1) is 12.0. The van der Waals surface area contributed by atoms with Gasteiger partial charge in [0.2, 0.25) is 0 Å². The van der Waals surface area contributed by atoms with Gasteiger partial charge in [0.15, 0.2) is 0 Å². The second kappa shape index (κ2) is 6.33. The molecule has 0 aliphatic rings. The molecule has 4 heteroatoms. The Kier molecular flexibility index (Phi) is 4.47. The number of rotatable bonds is 5. The fraction of sp³-hybridized carbons (Fsp3) is 0.231. The molecule has 1 N–H and O–H groups in total. The van der Waals surface area contributed by atoms with Crippen LogP contribution in [0.5, 0.6) is 0 Å². The molecule has 0 saturated carbocycles. The lowest BCUT2D eigenvalue weighted by Crippen LogP contribution is -2.16. The second-order valence-corrected chi connectivity index (χ2v) is 4.16. The molecule has 2 rings (SSSR count). The summed E-state index contributed by atoms with van der Waals surface area (Å²) in [5.41, 5.74) is 2.37. The lowest BCUT2D eigenvalue weighted by Gasteiger charge is -2.06. The maximum atomic E-state index is 6.01. The van der Waals surface area contributed by atoms with E-state index in [-0.39, 0.29) is 0 Å². The Morgan fingerprint density at radius 3 is 2.59 bits per heavy atom. The molecule has 0 aliphatic carbocycles. The van der Waals surface area contributed by atoms with Crippen molar-refractivity contribution in [3.8, 4) is 0 Å². The molecule has 0 bridgehead atoms. The van der Waals surface area contributed by atoms with Crippen LogP contribution in [0.3, 0.4) is 0 Å². The first-order chi connectivity index (χ1) is 8.36. The zero-order chi connectivity index (χ0) is 11.9. The van der Waals surface area contributed by atoms with E-state index in [2.05, 4.69) is 15.3 Å². The Hall–Kier alpha value is -1.45. The maximum Gasteiger partial charge on any atom is 0.0634 e. The van der Waals surface area contributed by atoms with Gasteiger partial charge >= 0.3 is 0 Å². The van der Waals surface area contributed by atoms with Crippen LogP contribution >= 0.6 is 11.6 Å². The Labute approximate surface area is 106 Å². The van der Waals surface area contributed by atoms with Gasteiger partial charge in [-0.25, -0.2) is 0 Å². The van der Waals surface area contributed by atoms with E-state index in [1.54, 1.807) is 12.4 Å². The van der Waals surface area contributed by atoms with E-state index in [0.717, 1.165) is 25.1 Å². The Morgan fingerprint density at radius 2 is 1.82 bits per heavy atom.